The normalized spacial score (nSPS) is 37.8. The Kier molecular flexibility index (Phi) is 6.07. The Morgan fingerprint density at radius 1 is 1.23 bits per heavy atom. The highest BCUT2D eigenvalue weighted by Crippen LogP contribution is 2.66. The van der Waals surface area contributed by atoms with E-state index in [0.29, 0.717) is 11.8 Å². The maximum atomic E-state index is 11.4. The molecule has 5 unspecified atom stereocenters. The van der Waals surface area contributed by atoms with Crippen LogP contribution in [0.5, 0.6) is 5.75 Å². The number of ether oxygens (including phenoxy) is 1. The molecule has 164 valence electrons. The number of carbonyl (C=O) groups excluding carboxylic acids is 1. The quantitative estimate of drug-likeness (QED) is 0.632. The number of hydrogen-bond acceptors (Lipinski definition) is 4. The SMILES string of the molecule is CNCCC1(C)C(CC=O)CCC2C1CCC1(C)C(c3cncc(OC)c3)=CC[C@@H]21. The minimum absolute atomic E-state index is 0.219. The van der Waals surface area contributed by atoms with E-state index in [0.717, 1.165) is 30.6 Å². The first-order valence-electron chi connectivity index (χ1n) is 11.8. The van der Waals surface area contributed by atoms with Crippen LogP contribution < -0.4 is 10.1 Å². The molecule has 1 aromatic rings. The first kappa shape index (κ1) is 21.5. The van der Waals surface area contributed by atoms with Gasteiger partial charge in [0.25, 0.3) is 0 Å². The summed E-state index contributed by atoms with van der Waals surface area (Å²) in [4.78, 5) is 15.9. The molecule has 4 rings (SSSR count). The van der Waals surface area contributed by atoms with Gasteiger partial charge in [0, 0.05) is 12.6 Å². The molecule has 4 nitrogen and oxygen atoms in total. The van der Waals surface area contributed by atoms with Gasteiger partial charge in [-0.15, -0.1) is 0 Å². The van der Waals surface area contributed by atoms with E-state index in [-0.39, 0.29) is 10.8 Å². The number of nitrogens with zero attached hydrogens (tertiary/aromatic N) is 1. The molecular formula is C26H38N2O2. The lowest BCUT2D eigenvalue weighted by atomic mass is 9.46. The molecule has 0 bridgehead atoms. The van der Waals surface area contributed by atoms with Crippen molar-refractivity contribution in [3.8, 4) is 5.75 Å². The summed E-state index contributed by atoms with van der Waals surface area (Å²) in [6, 6.07) is 2.15. The molecule has 2 fully saturated rings. The topological polar surface area (TPSA) is 51.2 Å². The van der Waals surface area contributed by atoms with Gasteiger partial charge >= 0.3 is 0 Å². The van der Waals surface area contributed by atoms with Crippen LogP contribution in [-0.4, -0.2) is 32.0 Å². The van der Waals surface area contributed by atoms with Gasteiger partial charge in [-0.2, -0.15) is 0 Å². The summed E-state index contributed by atoms with van der Waals surface area (Å²) in [5, 5.41) is 3.37. The second-order valence-corrected chi connectivity index (χ2v) is 10.3. The second-order valence-electron chi connectivity index (χ2n) is 10.3. The lowest BCUT2D eigenvalue weighted by molar-refractivity contribution is -0.115. The van der Waals surface area contributed by atoms with Crippen LogP contribution in [0.25, 0.3) is 5.57 Å². The van der Waals surface area contributed by atoms with Gasteiger partial charge in [-0.25, -0.2) is 0 Å². The van der Waals surface area contributed by atoms with Gasteiger partial charge in [0.05, 0.1) is 13.3 Å². The largest absolute Gasteiger partial charge is 0.495 e. The number of hydrogen-bond donors (Lipinski definition) is 1. The van der Waals surface area contributed by atoms with Gasteiger partial charge in [0.15, 0.2) is 0 Å². The summed E-state index contributed by atoms with van der Waals surface area (Å²) in [7, 11) is 3.76. The molecule has 0 saturated heterocycles. The Morgan fingerprint density at radius 3 is 2.80 bits per heavy atom. The lowest BCUT2D eigenvalue weighted by Gasteiger charge is -2.59. The fourth-order valence-corrected chi connectivity index (χ4v) is 7.51. The number of pyridine rings is 1. The fourth-order valence-electron chi connectivity index (χ4n) is 7.51. The molecule has 0 aromatic carbocycles. The Labute approximate surface area is 181 Å². The minimum atomic E-state index is 0.219. The van der Waals surface area contributed by atoms with Gasteiger partial charge in [-0.1, -0.05) is 19.9 Å². The van der Waals surface area contributed by atoms with Crippen molar-refractivity contribution in [1.82, 2.24) is 10.3 Å². The zero-order valence-corrected chi connectivity index (χ0v) is 19.1. The monoisotopic (exact) mass is 410 g/mol. The molecule has 0 spiro atoms. The van der Waals surface area contributed by atoms with Gasteiger partial charge in [0.2, 0.25) is 0 Å². The molecule has 4 heteroatoms. The molecule has 0 aliphatic heterocycles. The van der Waals surface area contributed by atoms with Crippen molar-refractivity contribution in [2.45, 2.75) is 58.8 Å². The summed E-state index contributed by atoms with van der Waals surface area (Å²) in [5.74, 6) is 3.54. The average molecular weight is 411 g/mol. The second kappa shape index (κ2) is 8.45. The van der Waals surface area contributed by atoms with E-state index in [1.54, 1.807) is 13.3 Å². The van der Waals surface area contributed by atoms with Crippen LogP contribution in [0.3, 0.4) is 0 Å². The molecule has 2 saturated carbocycles. The Balaban J connectivity index is 1.62. The number of nitrogens with one attached hydrogen (secondary N) is 1. The molecular weight excluding hydrogens is 372 g/mol. The number of allylic oxidation sites excluding steroid dienone is 2. The average Bonchev–Trinajstić information content (AvgIpc) is 3.12. The highest BCUT2D eigenvalue weighted by Gasteiger charge is 2.57. The van der Waals surface area contributed by atoms with Crippen molar-refractivity contribution in [2.75, 3.05) is 20.7 Å². The molecule has 3 aliphatic carbocycles. The van der Waals surface area contributed by atoms with Crippen LogP contribution in [0.2, 0.25) is 0 Å². The third-order valence-corrected chi connectivity index (χ3v) is 9.20. The molecule has 3 aliphatic rings. The van der Waals surface area contributed by atoms with Crippen molar-refractivity contribution in [2.24, 2.45) is 34.5 Å². The summed E-state index contributed by atoms with van der Waals surface area (Å²) >= 11 is 0. The highest BCUT2D eigenvalue weighted by molar-refractivity contribution is 5.73. The van der Waals surface area contributed by atoms with Crippen molar-refractivity contribution in [3.63, 3.8) is 0 Å². The number of methoxy groups -OCH3 is 1. The van der Waals surface area contributed by atoms with E-state index in [1.165, 1.54) is 55.9 Å². The maximum Gasteiger partial charge on any atom is 0.137 e. The van der Waals surface area contributed by atoms with Gasteiger partial charge in [-0.3, -0.25) is 4.98 Å². The zero-order chi connectivity index (χ0) is 21.4. The predicted octanol–water partition coefficient (Wildman–Crippen LogP) is 5.14. The predicted molar refractivity (Wildman–Crippen MR) is 121 cm³/mol. The van der Waals surface area contributed by atoms with Crippen molar-refractivity contribution >= 4 is 11.9 Å². The van der Waals surface area contributed by atoms with Crippen molar-refractivity contribution in [1.29, 1.82) is 0 Å². The van der Waals surface area contributed by atoms with Crippen LogP contribution in [0.15, 0.2) is 24.5 Å². The van der Waals surface area contributed by atoms with Gasteiger partial charge in [-0.05, 0) is 104 Å². The Hall–Kier alpha value is -1.68. The Bertz CT molecular complexity index is 806. The van der Waals surface area contributed by atoms with E-state index in [2.05, 4.69) is 36.3 Å². The molecule has 1 aromatic heterocycles. The summed E-state index contributed by atoms with van der Waals surface area (Å²) < 4.78 is 5.44. The number of carbonyl (C=O) groups is 1. The van der Waals surface area contributed by atoms with E-state index in [4.69, 9.17) is 4.74 Å². The third kappa shape index (κ3) is 3.41. The molecule has 1 heterocycles. The van der Waals surface area contributed by atoms with E-state index in [1.807, 2.05) is 13.2 Å². The van der Waals surface area contributed by atoms with Crippen LogP contribution in [-0.2, 0) is 4.79 Å². The number of fused-ring (bicyclic) bond motifs is 3. The number of aromatic nitrogens is 1. The Morgan fingerprint density at radius 2 is 2.07 bits per heavy atom. The highest BCUT2D eigenvalue weighted by atomic mass is 16.5. The standard InChI is InChI=1S/C26H38N2O2/c1-25(12-13-27-3)19(10-14-29)5-6-21-23-8-7-22(26(23,2)11-9-24(21)25)18-15-20(30-4)17-28-16-18/h7,14-17,19,21,23-24,27H,5-6,8-13H2,1-4H3/t19?,21?,23-,24?,25?,26?/m0/s1. The van der Waals surface area contributed by atoms with E-state index in [9.17, 15) is 4.79 Å². The van der Waals surface area contributed by atoms with E-state index < -0.39 is 0 Å². The maximum absolute atomic E-state index is 11.4. The number of rotatable bonds is 7. The first-order valence-corrected chi connectivity index (χ1v) is 11.8. The van der Waals surface area contributed by atoms with E-state index >= 15 is 0 Å². The van der Waals surface area contributed by atoms with Crippen molar-refractivity contribution < 1.29 is 9.53 Å². The van der Waals surface area contributed by atoms with Crippen LogP contribution in [0, 0.1) is 34.5 Å². The van der Waals surface area contributed by atoms with Gasteiger partial charge < -0.3 is 14.8 Å². The van der Waals surface area contributed by atoms with Crippen molar-refractivity contribution in [3.05, 3.63) is 30.1 Å². The molecule has 1 N–H and O–H groups in total. The minimum Gasteiger partial charge on any atom is -0.495 e. The smallest absolute Gasteiger partial charge is 0.137 e. The number of aldehydes is 1. The first-order chi connectivity index (χ1) is 14.5. The van der Waals surface area contributed by atoms with Crippen LogP contribution >= 0.6 is 0 Å². The molecule has 0 amide bonds. The van der Waals surface area contributed by atoms with Crippen LogP contribution in [0.4, 0.5) is 0 Å². The molecule has 6 atom stereocenters. The molecule has 0 radical (unpaired) electrons. The van der Waals surface area contributed by atoms with Crippen LogP contribution in [0.1, 0.15) is 64.4 Å². The third-order valence-electron chi connectivity index (χ3n) is 9.20. The molecule has 30 heavy (non-hydrogen) atoms. The summed E-state index contributed by atoms with van der Waals surface area (Å²) in [6.07, 6.45) is 15.5. The summed E-state index contributed by atoms with van der Waals surface area (Å²) in [6.45, 7) is 6.03. The lowest BCUT2D eigenvalue weighted by Crippen LogP contribution is -2.52. The summed E-state index contributed by atoms with van der Waals surface area (Å²) in [5.41, 5.74) is 3.18. The van der Waals surface area contributed by atoms with Gasteiger partial charge in [0.1, 0.15) is 12.0 Å². The zero-order valence-electron chi connectivity index (χ0n) is 19.1. The fraction of sp³-hybridized carbons (Fsp3) is 0.692.